The molecule has 0 aromatic rings. The molecule has 0 aromatic carbocycles. The Morgan fingerprint density at radius 1 is 0.917 bits per heavy atom. The Balaban J connectivity index is 4.60. The first kappa shape index (κ1) is 11.6. The topological polar surface area (TPSA) is 25.3 Å². The van der Waals surface area contributed by atoms with E-state index in [2.05, 4.69) is 41.5 Å². The van der Waals surface area contributed by atoms with Gasteiger partial charge in [0.2, 0.25) is 0 Å². The molecule has 0 spiro atoms. The maximum Gasteiger partial charge on any atom is 0.145 e. The molecule has 0 aromatic heterocycles. The summed E-state index contributed by atoms with van der Waals surface area (Å²) in [6.45, 7) is 12.4. The van der Waals surface area contributed by atoms with E-state index in [-0.39, 0.29) is 11.1 Å². The summed E-state index contributed by atoms with van der Waals surface area (Å²) >= 11 is 0. The van der Waals surface area contributed by atoms with Gasteiger partial charge in [0.25, 0.3) is 0 Å². The van der Waals surface area contributed by atoms with Gasteiger partial charge in [0.1, 0.15) is 11.1 Å². The lowest BCUT2D eigenvalue weighted by Crippen LogP contribution is -2.46. The standard InChI is InChI=1S/C10H22N2/c1-7-9(3,4)12(11)10(5,6)8-2/h7-8H2,1-6H3. The summed E-state index contributed by atoms with van der Waals surface area (Å²) in [5, 5.41) is 0. The minimum atomic E-state index is -0.125. The van der Waals surface area contributed by atoms with Gasteiger partial charge in [-0.1, -0.05) is 13.8 Å². The molecule has 12 heavy (non-hydrogen) atoms. The summed E-state index contributed by atoms with van der Waals surface area (Å²) in [4.78, 5) is 0. The number of rotatable bonds is 4. The molecule has 0 amide bonds. The number of hydrogen-bond donors (Lipinski definition) is 0. The van der Waals surface area contributed by atoms with E-state index in [1.807, 2.05) is 0 Å². The molecule has 0 saturated heterocycles. The Morgan fingerprint density at radius 2 is 1.17 bits per heavy atom. The first-order chi connectivity index (χ1) is 5.28. The van der Waals surface area contributed by atoms with Gasteiger partial charge in [-0.3, -0.25) is 0 Å². The van der Waals surface area contributed by atoms with Gasteiger partial charge in [0.05, 0.1) is 0 Å². The van der Waals surface area contributed by atoms with Gasteiger partial charge in [-0.15, -0.1) is 0 Å². The van der Waals surface area contributed by atoms with Gasteiger partial charge in [-0.25, -0.2) is 0 Å². The molecule has 0 N–H and O–H groups in total. The highest BCUT2D eigenvalue weighted by molar-refractivity contribution is 4.71. The average molecular weight is 170 g/mol. The van der Waals surface area contributed by atoms with E-state index in [1.165, 1.54) is 4.70 Å². The molecule has 0 fully saturated rings. The fourth-order valence-electron chi connectivity index (χ4n) is 1.12. The predicted octanol–water partition coefficient (Wildman–Crippen LogP) is 3.40. The van der Waals surface area contributed by atoms with Crippen molar-refractivity contribution in [1.29, 1.82) is 0 Å². The van der Waals surface area contributed by atoms with E-state index in [4.69, 9.17) is 0 Å². The van der Waals surface area contributed by atoms with Crippen LogP contribution in [0.3, 0.4) is 0 Å². The molecule has 0 saturated carbocycles. The highest BCUT2D eigenvalue weighted by Crippen LogP contribution is 2.24. The molecule has 0 unspecified atom stereocenters. The summed E-state index contributed by atoms with van der Waals surface area (Å²) in [7, 11) is 0. The van der Waals surface area contributed by atoms with Crippen LogP contribution in [0.4, 0.5) is 0 Å². The van der Waals surface area contributed by atoms with E-state index in [0.29, 0.717) is 0 Å². The smallest absolute Gasteiger partial charge is 0.145 e. The van der Waals surface area contributed by atoms with Crippen molar-refractivity contribution in [3.63, 3.8) is 0 Å². The molecule has 2 nitrogen and oxygen atoms in total. The minimum absolute atomic E-state index is 0.125. The normalized spacial score (nSPS) is 13.2. The monoisotopic (exact) mass is 170 g/mol. The van der Waals surface area contributed by atoms with Crippen molar-refractivity contribution in [2.45, 2.75) is 65.5 Å². The molecule has 0 rings (SSSR count). The average Bonchev–Trinajstić information content (AvgIpc) is 2.03. The quantitative estimate of drug-likeness (QED) is 0.456. The van der Waals surface area contributed by atoms with Crippen molar-refractivity contribution in [3.8, 4) is 0 Å². The molecule has 0 aliphatic carbocycles. The van der Waals surface area contributed by atoms with Gasteiger partial charge in [0, 0.05) is 12.8 Å². The van der Waals surface area contributed by atoms with Crippen LogP contribution in [0.5, 0.6) is 0 Å². The molecule has 72 valence electrons. The van der Waals surface area contributed by atoms with Crippen molar-refractivity contribution < 1.29 is 4.70 Å². The highest BCUT2D eigenvalue weighted by atomic mass is 15.3. The second kappa shape index (κ2) is 3.55. The van der Waals surface area contributed by atoms with E-state index < -0.39 is 0 Å². The highest BCUT2D eigenvalue weighted by Gasteiger charge is 2.34. The lowest BCUT2D eigenvalue weighted by Gasteiger charge is -2.35. The molecule has 0 atom stereocenters. The maximum atomic E-state index is 9.94. The second-order valence-electron chi connectivity index (χ2n) is 4.64. The van der Waals surface area contributed by atoms with E-state index in [9.17, 15) is 5.53 Å². The third-order valence-corrected chi connectivity index (χ3v) is 2.88. The van der Waals surface area contributed by atoms with Crippen LogP contribution in [0.2, 0.25) is 0 Å². The van der Waals surface area contributed by atoms with Crippen LogP contribution in [-0.2, 0) is 0 Å². The fourth-order valence-corrected chi connectivity index (χ4v) is 1.12. The molecular formula is C10H22N2. The Hall–Kier alpha value is -0.400. The minimum Gasteiger partial charge on any atom is -0.506 e. The summed E-state index contributed by atoms with van der Waals surface area (Å²) < 4.78 is 1.49. The van der Waals surface area contributed by atoms with Crippen molar-refractivity contribution >= 4 is 0 Å². The first-order valence-corrected chi connectivity index (χ1v) is 4.77. The van der Waals surface area contributed by atoms with Crippen LogP contribution in [0.25, 0.3) is 5.53 Å². The van der Waals surface area contributed by atoms with Crippen molar-refractivity contribution in [2.24, 2.45) is 0 Å². The lowest BCUT2D eigenvalue weighted by molar-refractivity contribution is -0.682. The van der Waals surface area contributed by atoms with Crippen LogP contribution >= 0.6 is 0 Å². The van der Waals surface area contributed by atoms with Gasteiger partial charge in [-0.05, 0) is 27.7 Å². The van der Waals surface area contributed by atoms with Crippen LogP contribution in [0.1, 0.15) is 54.4 Å². The zero-order chi connectivity index (χ0) is 9.99. The number of hydrogen-bond acceptors (Lipinski definition) is 0. The molecule has 0 radical (unpaired) electrons. The summed E-state index contributed by atoms with van der Waals surface area (Å²) in [6.07, 6.45) is 1.90. The second-order valence-corrected chi connectivity index (χ2v) is 4.64. The van der Waals surface area contributed by atoms with Crippen molar-refractivity contribution in [2.75, 3.05) is 0 Å². The molecule has 0 aliphatic heterocycles. The summed E-state index contributed by atoms with van der Waals surface area (Å²) in [6, 6.07) is 0. The Morgan fingerprint density at radius 3 is 1.33 bits per heavy atom. The Labute approximate surface area is 76.5 Å². The van der Waals surface area contributed by atoms with Gasteiger partial charge < -0.3 is 10.2 Å². The lowest BCUT2D eigenvalue weighted by atomic mass is 9.93. The van der Waals surface area contributed by atoms with E-state index in [0.717, 1.165) is 12.8 Å². The molecule has 0 bridgehead atoms. The zero-order valence-electron chi connectivity index (χ0n) is 9.31. The SMILES string of the molecule is CCC(C)(C)[N+](=[N-])C(C)(C)CC. The third-order valence-electron chi connectivity index (χ3n) is 2.88. The number of nitrogens with zero attached hydrogens (tertiary/aromatic N) is 2. The third kappa shape index (κ3) is 2.29. The predicted molar refractivity (Wildman–Crippen MR) is 52.4 cm³/mol. The molecule has 2 heteroatoms. The van der Waals surface area contributed by atoms with E-state index in [1.54, 1.807) is 0 Å². The van der Waals surface area contributed by atoms with Gasteiger partial charge in [0.15, 0.2) is 0 Å². The maximum absolute atomic E-state index is 9.94. The van der Waals surface area contributed by atoms with Crippen LogP contribution in [-0.4, -0.2) is 15.8 Å². The first-order valence-electron chi connectivity index (χ1n) is 4.77. The molecular weight excluding hydrogens is 148 g/mol. The van der Waals surface area contributed by atoms with Gasteiger partial charge >= 0.3 is 0 Å². The summed E-state index contributed by atoms with van der Waals surface area (Å²) in [5.74, 6) is 0. The largest absolute Gasteiger partial charge is 0.506 e. The van der Waals surface area contributed by atoms with Crippen LogP contribution < -0.4 is 0 Å². The summed E-state index contributed by atoms with van der Waals surface area (Å²) in [5.41, 5.74) is 9.69. The zero-order valence-corrected chi connectivity index (χ0v) is 9.31. The van der Waals surface area contributed by atoms with E-state index >= 15 is 0 Å². The Bertz CT molecular complexity index is 151. The van der Waals surface area contributed by atoms with Crippen LogP contribution in [0.15, 0.2) is 0 Å². The Kier molecular flexibility index (Phi) is 3.43. The molecule has 0 heterocycles. The van der Waals surface area contributed by atoms with Gasteiger partial charge in [-0.2, -0.15) is 0 Å². The van der Waals surface area contributed by atoms with Crippen molar-refractivity contribution in [1.82, 2.24) is 0 Å². The van der Waals surface area contributed by atoms with Crippen LogP contribution in [0, 0.1) is 0 Å². The molecule has 0 aliphatic rings. The van der Waals surface area contributed by atoms with Crippen molar-refractivity contribution in [3.05, 3.63) is 5.53 Å². The fraction of sp³-hybridized carbons (Fsp3) is 1.00.